The van der Waals surface area contributed by atoms with E-state index >= 15 is 0 Å². The molecular formula is C15H17NO5S. The summed E-state index contributed by atoms with van der Waals surface area (Å²) >= 11 is 0. The Hall–Kier alpha value is -2.28. The number of methoxy groups -OCH3 is 1. The fraction of sp³-hybridized carbons (Fsp3) is 0.267. The highest BCUT2D eigenvalue weighted by molar-refractivity contribution is 7.90. The van der Waals surface area contributed by atoms with E-state index < -0.39 is 9.84 Å². The van der Waals surface area contributed by atoms with Crippen LogP contribution in [0.25, 0.3) is 0 Å². The van der Waals surface area contributed by atoms with Crippen LogP contribution < -0.4 is 10.1 Å². The summed E-state index contributed by atoms with van der Waals surface area (Å²) in [6.07, 6.45) is 2.54. The molecule has 0 spiro atoms. The van der Waals surface area contributed by atoms with Crippen molar-refractivity contribution in [2.45, 2.75) is 17.9 Å². The van der Waals surface area contributed by atoms with E-state index in [1.165, 1.54) is 19.4 Å². The first-order valence-corrected chi connectivity index (χ1v) is 8.44. The van der Waals surface area contributed by atoms with Gasteiger partial charge in [-0.2, -0.15) is 0 Å². The highest BCUT2D eigenvalue weighted by Gasteiger charge is 2.18. The zero-order valence-corrected chi connectivity index (χ0v) is 13.3. The van der Waals surface area contributed by atoms with Gasteiger partial charge in [0.1, 0.15) is 10.6 Å². The number of hydrogen-bond acceptors (Lipinski definition) is 5. The van der Waals surface area contributed by atoms with Gasteiger partial charge in [0.2, 0.25) is 0 Å². The lowest BCUT2D eigenvalue weighted by molar-refractivity contribution is 0.0912. The van der Waals surface area contributed by atoms with Crippen LogP contribution in [0.15, 0.2) is 45.9 Å². The van der Waals surface area contributed by atoms with Crippen LogP contribution >= 0.6 is 0 Å². The van der Waals surface area contributed by atoms with E-state index in [9.17, 15) is 13.2 Å². The number of furan rings is 1. The molecule has 0 aliphatic rings. The number of carbonyl (C=O) groups is 1. The summed E-state index contributed by atoms with van der Waals surface area (Å²) in [6, 6.07) is 7.58. The molecule has 1 aromatic carbocycles. The third-order valence-corrected chi connectivity index (χ3v) is 4.32. The van der Waals surface area contributed by atoms with E-state index in [0.29, 0.717) is 0 Å². The highest BCUT2D eigenvalue weighted by atomic mass is 32.2. The second-order valence-electron chi connectivity index (χ2n) is 4.85. The van der Waals surface area contributed by atoms with Gasteiger partial charge in [0.15, 0.2) is 15.6 Å². The van der Waals surface area contributed by atoms with Gasteiger partial charge in [0.25, 0.3) is 5.91 Å². The van der Waals surface area contributed by atoms with Gasteiger partial charge in [-0.3, -0.25) is 4.79 Å². The number of amides is 1. The first kappa shape index (κ1) is 16.1. The van der Waals surface area contributed by atoms with E-state index in [1.54, 1.807) is 31.2 Å². The van der Waals surface area contributed by atoms with Crippen LogP contribution in [0.5, 0.6) is 5.75 Å². The molecule has 0 saturated carbocycles. The van der Waals surface area contributed by atoms with Gasteiger partial charge in [-0.15, -0.1) is 0 Å². The molecule has 0 bridgehead atoms. The van der Waals surface area contributed by atoms with Crippen LogP contribution in [0.3, 0.4) is 0 Å². The number of carbonyl (C=O) groups excluding carboxylic acids is 1. The Labute approximate surface area is 129 Å². The van der Waals surface area contributed by atoms with Crippen molar-refractivity contribution in [3.8, 4) is 5.75 Å². The molecule has 22 heavy (non-hydrogen) atoms. The molecule has 1 N–H and O–H groups in total. The van der Waals surface area contributed by atoms with Crippen molar-refractivity contribution in [1.82, 2.24) is 5.32 Å². The number of rotatable bonds is 5. The van der Waals surface area contributed by atoms with Gasteiger partial charge in [0.05, 0.1) is 19.4 Å². The van der Waals surface area contributed by atoms with E-state index in [1.807, 2.05) is 0 Å². The molecule has 0 saturated heterocycles. The van der Waals surface area contributed by atoms with Gasteiger partial charge in [-0.05, 0) is 36.8 Å². The Morgan fingerprint density at radius 1 is 1.32 bits per heavy atom. The normalized spacial score (nSPS) is 12.7. The zero-order chi connectivity index (χ0) is 16.3. The van der Waals surface area contributed by atoms with Crippen LogP contribution in [0.2, 0.25) is 0 Å². The van der Waals surface area contributed by atoms with Gasteiger partial charge >= 0.3 is 0 Å². The van der Waals surface area contributed by atoms with Gasteiger partial charge in [-0.1, -0.05) is 6.07 Å². The lowest BCUT2D eigenvalue weighted by Crippen LogP contribution is -2.26. The minimum atomic E-state index is -3.37. The SMILES string of the molecule is COc1cc(C(C)NC(=O)c2ccco2)ccc1S(C)(=O)=O. The molecule has 2 rings (SSSR count). The summed E-state index contributed by atoms with van der Waals surface area (Å²) in [5.74, 6) is 0.120. The van der Waals surface area contributed by atoms with Crippen LogP contribution in [-0.4, -0.2) is 27.7 Å². The summed E-state index contributed by atoms with van der Waals surface area (Å²) in [4.78, 5) is 12.1. The molecule has 2 aromatic rings. The Balaban J connectivity index is 2.24. The molecule has 1 heterocycles. The smallest absolute Gasteiger partial charge is 0.287 e. The Bertz CT molecular complexity index is 765. The second kappa shape index (κ2) is 6.23. The lowest BCUT2D eigenvalue weighted by atomic mass is 10.1. The van der Waals surface area contributed by atoms with E-state index in [-0.39, 0.29) is 28.4 Å². The van der Waals surface area contributed by atoms with Crippen LogP contribution in [0.4, 0.5) is 0 Å². The summed E-state index contributed by atoms with van der Waals surface area (Å²) in [5, 5.41) is 2.77. The maximum atomic E-state index is 11.9. The summed E-state index contributed by atoms with van der Waals surface area (Å²) in [5.41, 5.74) is 0.726. The highest BCUT2D eigenvalue weighted by Crippen LogP contribution is 2.27. The minimum Gasteiger partial charge on any atom is -0.495 e. The topological polar surface area (TPSA) is 85.6 Å². The average molecular weight is 323 g/mol. The lowest BCUT2D eigenvalue weighted by Gasteiger charge is -2.16. The fourth-order valence-corrected chi connectivity index (χ4v) is 2.84. The summed E-state index contributed by atoms with van der Waals surface area (Å²) in [7, 11) is -1.97. The molecule has 0 aliphatic carbocycles. The Kier molecular flexibility index (Phi) is 4.56. The van der Waals surface area contributed by atoms with Crippen LogP contribution in [-0.2, 0) is 9.84 Å². The van der Waals surface area contributed by atoms with Crippen molar-refractivity contribution >= 4 is 15.7 Å². The molecule has 7 heteroatoms. The number of nitrogens with one attached hydrogen (secondary N) is 1. The van der Waals surface area contributed by atoms with E-state index in [4.69, 9.17) is 9.15 Å². The second-order valence-corrected chi connectivity index (χ2v) is 6.84. The molecule has 0 radical (unpaired) electrons. The Morgan fingerprint density at radius 3 is 2.59 bits per heavy atom. The van der Waals surface area contributed by atoms with Crippen molar-refractivity contribution in [2.75, 3.05) is 13.4 Å². The van der Waals surface area contributed by atoms with Crippen molar-refractivity contribution in [1.29, 1.82) is 0 Å². The molecule has 6 nitrogen and oxygen atoms in total. The van der Waals surface area contributed by atoms with Gasteiger partial charge in [0, 0.05) is 6.26 Å². The quantitative estimate of drug-likeness (QED) is 0.911. The first-order valence-electron chi connectivity index (χ1n) is 6.55. The maximum Gasteiger partial charge on any atom is 0.287 e. The van der Waals surface area contributed by atoms with Gasteiger partial charge < -0.3 is 14.5 Å². The summed E-state index contributed by atoms with van der Waals surface area (Å²) < 4.78 is 33.5. The van der Waals surface area contributed by atoms with E-state index in [0.717, 1.165) is 11.8 Å². The molecule has 1 amide bonds. The number of ether oxygens (including phenoxy) is 1. The Morgan fingerprint density at radius 2 is 2.05 bits per heavy atom. The molecular weight excluding hydrogens is 306 g/mol. The largest absolute Gasteiger partial charge is 0.495 e. The molecule has 1 aromatic heterocycles. The van der Waals surface area contributed by atoms with Crippen molar-refractivity contribution < 1.29 is 22.4 Å². The third-order valence-electron chi connectivity index (χ3n) is 3.18. The first-order chi connectivity index (χ1) is 10.3. The average Bonchev–Trinajstić information content (AvgIpc) is 2.99. The molecule has 1 unspecified atom stereocenters. The van der Waals surface area contributed by atoms with Crippen LogP contribution in [0.1, 0.15) is 29.1 Å². The van der Waals surface area contributed by atoms with Crippen molar-refractivity contribution in [3.05, 3.63) is 47.9 Å². The zero-order valence-electron chi connectivity index (χ0n) is 12.5. The number of benzene rings is 1. The van der Waals surface area contributed by atoms with Crippen molar-refractivity contribution in [3.63, 3.8) is 0 Å². The molecule has 118 valence electrons. The van der Waals surface area contributed by atoms with Crippen molar-refractivity contribution in [2.24, 2.45) is 0 Å². The monoisotopic (exact) mass is 323 g/mol. The molecule has 1 atom stereocenters. The van der Waals surface area contributed by atoms with Gasteiger partial charge in [-0.25, -0.2) is 8.42 Å². The molecule has 0 fully saturated rings. The fourth-order valence-electron chi connectivity index (χ4n) is 2.02. The van der Waals surface area contributed by atoms with Crippen LogP contribution in [0, 0.1) is 0 Å². The number of hydrogen-bond donors (Lipinski definition) is 1. The predicted octanol–water partition coefficient (Wildman–Crippen LogP) is 2.18. The number of sulfone groups is 1. The minimum absolute atomic E-state index is 0.114. The predicted molar refractivity (Wildman–Crippen MR) is 80.7 cm³/mol. The van der Waals surface area contributed by atoms with E-state index in [2.05, 4.69) is 5.32 Å². The molecule has 0 aliphatic heterocycles. The maximum absolute atomic E-state index is 11.9. The third kappa shape index (κ3) is 3.48. The summed E-state index contributed by atoms with van der Waals surface area (Å²) in [6.45, 7) is 1.79. The standard InChI is InChI=1S/C15H17NO5S/c1-10(16-15(17)12-5-4-8-21-12)11-6-7-14(22(3,18)19)13(9-11)20-2/h4-10H,1-3H3,(H,16,17).